The second-order valence-electron chi connectivity index (χ2n) is 6.14. The largest absolute Gasteiger partial charge is 0.481 e. The van der Waals surface area contributed by atoms with Crippen molar-refractivity contribution < 1.29 is 33.8 Å². The first kappa shape index (κ1) is 23.5. The minimum atomic E-state index is -1.58. The Morgan fingerprint density at radius 1 is 1.19 bits per heavy atom. The fourth-order valence-corrected chi connectivity index (χ4v) is 2.33. The van der Waals surface area contributed by atoms with Gasteiger partial charge in [-0.15, -0.1) is 0 Å². The molecule has 0 aromatic carbocycles. The Hall–Kier alpha value is -4.76. The third-order valence-corrected chi connectivity index (χ3v) is 3.77. The lowest BCUT2D eigenvalue weighted by Gasteiger charge is -2.14. The highest BCUT2D eigenvalue weighted by atomic mass is 19.1. The molecule has 0 aliphatic carbocycles. The van der Waals surface area contributed by atoms with Gasteiger partial charge in [-0.2, -0.15) is 4.98 Å². The normalized spacial score (nSPS) is 11.3. The van der Waals surface area contributed by atoms with Crippen LogP contribution in [0.25, 0.3) is 0 Å². The van der Waals surface area contributed by atoms with Gasteiger partial charge in [-0.25, -0.2) is 19.0 Å². The average Bonchev–Trinajstić information content (AvgIpc) is 2.67. The molecular weight excluding hydrogens is 435 g/mol. The smallest absolute Gasteiger partial charge is 0.326 e. The van der Waals surface area contributed by atoms with Crippen molar-refractivity contribution in [2.24, 2.45) is 0 Å². The van der Waals surface area contributed by atoms with Gasteiger partial charge >= 0.3 is 18.0 Å². The number of nitrogen functional groups attached to an aromatic ring is 2. The standard InChI is InChI=1S/C16H17FN8O7/c17-6-3-5(21-16(32)23-10-11(18)24-15(19)25-13(10)29)4-20-9(6)12(28)22-7(14(30)31)1-2-8(26)27/h3-4,7H,1-2H2,(H,22,28)(H,26,27)(H,30,31)(H2,21,23,32)(H5,18,19,24,25,29)/t7-/m0/s1. The van der Waals surface area contributed by atoms with Crippen LogP contribution in [0.5, 0.6) is 0 Å². The van der Waals surface area contributed by atoms with Crippen molar-refractivity contribution in [3.8, 4) is 0 Å². The highest BCUT2D eigenvalue weighted by Gasteiger charge is 2.24. The second-order valence-corrected chi connectivity index (χ2v) is 6.14. The van der Waals surface area contributed by atoms with Crippen LogP contribution in [-0.4, -0.2) is 55.1 Å². The van der Waals surface area contributed by atoms with Crippen LogP contribution in [0.2, 0.25) is 0 Å². The van der Waals surface area contributed by atoms with E-state index in [1.807, 2.05) is 5.32 Å². The lowest BCUT2D eigenvalue weighted by atomic mass is 10.1. The van der Waals surface area contributed by atoms with Crippen LogP contribution in [0.4, 0.5) is 32.3 Å². The van der Waals surface area contributed by atoms with Crippen LogP contribution in [0.15, 0.2) is 17.1 Å². The lowest BCUT2D eigenvalue weighted by molar-refractivity contribution is -0.140. The zero-order valence-electron chi connectivity index (χ0n) is 16.0. The first-order chi connectivity index (χ1) is 15.0. The number of H-pyrrole nitrogens is 1. The first-order valence-electron chi connectivity index (χ1n) is 8.62. The number of aliphatic carboxylic acids is 2. The van der Waals surface area contributed by atoms with Crippen molar-refractivity contribution in [1.29, 1.82) is 0 Å². The number of aromatic nitrogens is 3. The van der Waals surface area contributed by atoms with E-state index in [2.05, 4.69) is 25.6 Å². The van der Waals surface area contributed by atoms with Gasteiger partial charge < -0.3 is 32.3 Å². The van der Waals surface area contributed by atoms with Gasteiger partial charge in [0.15, 0.2) is 23.0 Å². The molecule has 3 amide bonds. The van der Waals surface area contributed by atoms with Crippen LogP contribution >= 0.6 is 0 Å². The predicted molar refractivity (Wildman–Crippen MR) is 106 cm³/mol. The molecular formula is C16H17FN8O7. The molecule has 2 aromatic rings. The summed E-state index contributed by atoms with van der Waals surface area (Å²) in [5, 5.41) is 23.9. The number of urea groups is 1. The number of carbonyl (C=O) groups is 4. The molecule has 10 N–H and O–H groups in total. The summed E-state index contributed by atoms with van der Waals surface area (Å²) in [6, 6.07) is -1.89. The van der Waals surface area contributed by atoms with Crippen molar-refractivity contribution in [3.05, 3.63) is 34.1 Å². The molecule has 0 saturated heterocycles. The van der Waals surface area contributed by atoms with Crippen LogP contribution < -0.4 is 33.0 Å². The fourth-order valence-electron chi connectivity index (χ4n) is 2.33. The summed E-state index contributed by atoms with van der Waals surface area (Å²) in [5.74, 6) is -5.85. The number of pyridine rings is 1. The number of hydrogen-bond acceptors (Lipinski definition) is 9. The van der Waals surface area contributed by atoms with Crippen LogP contribution in [0.3, 0.4) is 0 Å². The van der Waals surface area contributed by atoms with Crippen molar-refractivity contribution in [3.63, 3.8) is 0 Å². The molecule has 1 atom stereocenters. The Labute approximate surface area is 177 Å². The number of carboxylic acids is 2. The molecule has 0 aliphatic rings. The molecule has 16 heteroatoms. The molecule has 2 aromatic heterocycles. The Kier molecular flexibility index (Phi) is 7.22. The van der Waals surface area contributed by atoms with E-state index >= 15 is 0 Å². The van der Waals surface area contributed by atoms with Gasteiger partial charge in [0, 0.05) is 12.5 Å². The van der Waals surface area contributed by atoms with Crippen molar-refractivity contribution in [2.75, 3.05) is 22.1 Å². The number of nitrogens with two attached hydrogens (primary N) is 2. The first-order valence-corrected chi connectivity index (χ1v) is 8.62. The minimum Gasteiger partial charge on any atom is -0.481 e. The zero-order chi connectivity index (χ0) is 24.0. The third kappa shape index (κ3) is 6.12. The summed E-state index contributed by atoms with van der Waals surface area (Å²) < 4.78 is 14.3. The van der Waals surface area contributed by atoms with E-state index in [1.165, 1.54) is 0 Å². The molecule has 0 spiro atoms. The summed E-state index contributed by atoms with van der Waals surface area (Å²) in [6.07, 6.45) is -0.0818. The van der Waals surface area contributed by atoms with Crippen LogP contribution in [0, 0.1) is 5.82 Å². The number of nitrogens with one attached hydrogen (secondary N) is 4. The topological polar surface area (TPSA) is 256 Å². The number of anilines is 4. The molecule has 0 saturated carbocycles. The third-order valence-electron chi connectivity index (χ3n) is 3.77. The zero-order valence-corrected chi connectivity index (χ0v) is 16.0. The van der Waals surface area contributed by atoms with Crippen molar-refractivity contribution in [1.82, 2.24) is 20.3 Å². The van der Waals surface area contributed by atoms with E-state index in [4.69, 9.17) is 21.7 Å². The van der Waals surface area contributed by atoms with Gasteiger partial charge in [0.25, 0.3) is 11.5 Å². The molecule has 15 nitrogen and oxygen atoms in total. The van der Waals surface area contributed by atoms with Gasteiger partial charge in [0.2, 0.25) is 5.95 Å². The highest BCUT2D eigenvalue weighted by molar-refractivity contribution is 6.01. The summed E-state index contributed by atoms with van der Waals surface area (Å²) in [6.45, 7) is 0. The molecule has 0 unspecified atom stereocenters. The number of amides is 3. The van der Waals surface area contributed by atoms with E-state index in [-0.39, 0.29) is 17.5 Å². The highest BCUT2D eigenvalue weighted by Crippen LogP contribution is 2.14. The molecule has 170 valence electrons. The van der Waals surface area contributed by atoms with Crippen LogP contribution in [-0.2, 0) is 9.59 Å². The lowest BCUT2D eigenvalue weighted by Crippen LogP contribution is -2.41. The van der Waals surface area contributed by atoms with Gasteiger partial charge in [0.1, 0.15) is 6.04 Å². The summed E-state index contributed by atoms with van der Waals surface area (Å²) in [4.78, 5) is 66.8. The van der Waals surface area contributed by atoms with E-state index < -0.39 is 65.5 Å². The molecule has 0 radical (unpaired) electrons. The Bertz CT molecular complexity index is 1140. The molecule has 2 heterocycles. The maximum atomic E-state index is 14.3. The molecule has 0 fully saturated rings. The van der Waals surface area contributed by atoms with Gasteiger partial charge in [-0.05, 0) is 6.42 Å². The molecule has 2 rings (SSSR count). The SMILES string of the molecule is Nc1nc(N)c(NC(=O)Nc2cnc(C(=O)N[C@@H](CCC(=O)O)C(=O)O)c(F)c2)c(=O)[nH]1. The average molecular weight is 452 g/mol. The monoisotopic (exact) mass is 452 g/mol. The quantitative estimate of drug-likeness (QED) is 0.245. The number of carboxylic acid groups (broad SMARTS) is 2. The molecule has 0 bridgehead atoms. The van der Waals surface area contributed by atoms with Gasteiger partial charge in [0.05, 0.1) is 11.9 Å². The predicted octanol–water partition coefficient (Wildman–Crippen LogP) is -0.840. The number of hydrogen-bond donors (Lipinski definition) is 8. The van der Waals surface area contributed by atoms with Crippen LogP contribution in [0.1, 0.15) is 23.3 Å². The van der Waals surface area contributed by atoms with E-state index in [0.717, 1.165) is 6.20 Å². The van der Waals surface area contributed by atoms with E-state index in [1.54, 1.807) is 0 Å². The second kappa shape index (κ2) is 9.83. The number of aromatic amines is 1. The number of halogens is 1. The summed E-state index contributed by atoms with van der Waals surface area (Å²) >= 11 is 0. The summed E-state index contributed by atoms with van der Waals surface area (Å²) in [7, 11) is 0. The Morgan fingerprint density at radius 2 is 1.88 bits per heavy atom. The maximum Gasteiger partial charge on any atom is 0.326 e. The fraction of sp³-hybridized carbons (Fsp3) is 0.188. The van der Waals surface area contributed by atoms with Gasteiger partial charge in [-0.1, -0.05) is 0 Å². The van der Waals surface area contributed by atoms with Gasteiger partial charge in [-0.3, -0.25) is 24.7 Å². The van der Waals surface area contributed by atoms with E-state index in [9.17, 15) is 28.4 Å². The Morgan fingerprint density at radius 3 is 2.44 bits per heavy atom. The number of carbonyl (C=O) groups excluding carboxylic acids is 2. The molecule has 0 aliphatic heterocycles. The summed E-state index contributed by atoms with van der Waals surface area (Å²) in [5.41, 5.74) is 8.53. The number of nitrogens with zero attached hydrogens (tertiary/aromatic N) is 2. The van der Waals surface area contributed by atoms with E-state index in [0.29, 0.717) is 6.07 Å². The maximum absolute atomic E-state index is 14.3. The Balaban J connectivity index is 2.08. The number of rotatable bonds is 8. The minimum absolute atomic E-state index is 0.226. The molecule has 32 heavy (non-hydrogen) atoms. The van der Waals surface area contributed by atoms with Crippen molar-refractivity contribution in [2.45, 2.75) is 18.9 Å². The van der Waals surface area contributed by atoms with Crippen molar-refractivity contribution >= 4 is 47.0 Å².